The molecule has 3 nitrogen and oxygen atoms in total. The molecule has 3 rings (SSSR count). The first kappa shape index (κ1) is 25.9. The van der Waals surface area contributed by atoms with Gasteiger partial charge in [-0.15, -0.1) is 0 Å². The van der Waals surface area contributed by atoms with Crippen LogP contribution in [0, 0.1) is 0 Å². The predicted molar refractivity (Wildman–Crippen MR) is 144 cm³/mol. The fourth-order valence-electron chi connectivity index (χ4n) is 4.83. The molecule has 0 spiro atoms. The van der Waals surface area contributed by atoms with Crippen LogP contribution in [0.25, 0.3) is 0 Å². The van der Waals surface area contributed by atoms with E-state index in [0.717, 1.165) is 18.6 Å². The van der Waals surface area contributed by atoms with Gasteiger partial charge in [-0.3, -0.25) is 0 Å². The van der Waals surface area contributed by atoms with E-state index in [1.54, 1.807) is 0 Å². The number of hydrogen-bond acceptors (Lipinski definition) is 3. The van der Waals surface area contributed by atoms with Gasteiger partial charge in [-0.05, 0) is 45.5 Å². The van der Waals surface area contributed by atoms with Crippen LogP contribution in [-0.4, -0.2) is 35.4 Å². The van der Waals surface area contributed by atoms with Crippen LogP contribution >= 0.6 is 0 Å². The minimum Gasteiger partial charge on any atom is -0.548 e. The lowest BCUT2D eigenvalue weighted by molar-refractivity contribution is -0.147. The highest BCUT2D eigenvalue weighted by atomic mass is 28.4. The highest BCUT2D eigenvalue weighted by Gasteiger charge is 2.48. The molecule has 0 saturated carbocycles. The van der Waals surface area contributed by atoms with Crippen molar-refractivity contribution in [2.24, 2.45) is 0 Å². The summed E-state index contributed by atoms with van der Waals surface area (Å²) in [5.74, 6) is 0.569. The normalized spacial score (nSPS) is 17.7. The molecule has 1 atom stereocenters. The van der Waals surface area contributed by atoms with Crippen molar-refractivity contribution in [3.8, 4) is 0 Å². The Morgan fingerprint density at radius 2 is 1.45 bits per heavy atom. The maximum Gasteiger partial charge on any atom is 0.241 e. The predicted octanol–water partition coefficient (Wildman–Crippen LogP) is 6.33. The summed E-state index contributed by atoms with van der Waals surface area (Å²) in [5, 5.41) is 2.84. The highest BCUT2D eigenvalue weighted by molar-refractivity contribution is 7.02. The topological polar surface area (TPSA) is 27.7 Å². The Morgan fingerprint density at radius 1 is 0.939 bits per heavy atom. The fraction of sp³-hybridized carbons (Fsp3) is 0.500. The van der Waals surface area contributed by atoms with Gasteiger partial charge < -0.3 is 13.9 Å². The van der Waals surface area contributed by atoms with Gasteiger partial charge in [0.15, 0.2) is 5.79 Å². The third-order valence-electron chi connectivity index (χ3n) is 6.59. The van der Waals surface area contributed by atoms with Crippen LogP contribution in [0.1, 0.15) is 39.5 Å². The van der Waals surface area contributed by atoms with Crippen LogP contribution in [-0.2, 0) is 13.9 Å². The lowest BCUT2D eigenvalue weighted by atomic mass is 10.1. The van der Waals surface area contributed by atoms with Crippen LogP contribution in [0.3, 0.4) is 0 Å². The molecule has 2 aromatic carbocycles. The number of hydrogen-bond donors (Lipinski definition) is 0. The molecule has 0 aliphatic carbocycles. The fourth-order valence-corrected chi connectivity index (χ4v) is 10.3. The Hall–Kier alpha value is -1.67. The van der Waals surface area contributed by atoms with Gasteiger partial charge in [0.25, 0.3) is 0 Å². The van der Waals surface area contributed by atoms with E-state index in [1.807, 2.05) is 0 Å². The Balaban J connectivity index is 2.20. The quantitative estimate of drug-likeness (QED) is 0.213. The lowest BCUT2D eigenvalue weighted by Crippen LogP contribution is -2.61. The van der Waals surface area contributed by atoms with Crippen molar-refractivity contribution in [1.29, 1.82) is 0 Å². The second-order valence-corrected chi connectivity index (χ2v) is 19.2. The maximum absolute atomic E-state index is 6.91. The highest BCUT2D eigenvalue weighted by Crippen LogP contribution is 2.42. The molecule has 0 aromatic heterocycles. The second kappa shape index (κ2) is 11.2. The minimum atomic E-state index is -2.30. The van der Waals surface area contributed by atoms with E-state index in [2.05, 4.69) is 107 Å². The Labute approximate surface area is 203 Å². The van der Waals surface area contributed by atoms with Crippen LogP contribution in [0.15, 0.2) is 72.5 Å². The molecule has 0 amide bonds. The zero-order chi connectivity index (χ0) is 24.0. The molecule has 1 fully saturated rings. The summed E-state index contributed by atoms with van der Waals surface area (Å²) in [7, 11) is -4.13. The average Bonchev–Trinajstić information content (AvgIpc) is 3.23. The summed E-state index contributed by atoms with van der Waals surface area (Å²) in [6, 6.07) is 22.1. The molecule has 2 aromatic rings. The standard InChI is InChI=1S/C28H42O3Si2/c1-7-8-11-20-26(31-32(3,4)5)27(23-28(2)29-21-22-30-28)33(6,24-16-12-9-13-17-24)25-18-14-10-15-19-25/h9-10,12-20,27H,7-8,11,21-23H2,1-6H3/b26-20-. The third kappa shape index (κ3) is 6.69. The molecule has 1 aliphatic rings. The Kier molecular flexibility index (Phi) is 8.79. The zero-order valence-corrected chi connectivity index (χ0v) is 23.4. The summed E-state index contributed by atoms with van der Waals surface area (Å²) in [5.41, 5.74) is 0.203. The molecule has 0 bridgehead atoms. The average molecular weight is 483 g/mol. The molecule has 33 heavy (non-hydrogen) atoms. The number of rotatable bonds is 11. The molecular formula is C28H42O3Si2. The van der Waals surface area contributed by atoms with E-state index in [9.17, 15) is 0 Å². The van der Waals surface area contributed by atoms with Gasteiger partial charge in [0.1, 0.15) is 8.07 Å². The van der Waals surface area contributed by atoms with Crippen molar-refractivity contribution in [2.75, 3.05) is 13.2 Å². The van der Waals surface area contributed by atoms with Crippen molar-refractivity contribution < 1.29 is 13.9 Å². The number of unbranched alkanes of at least 4 members (excludes halogenated alkanes) is 2. The minimum absolute atomic E-state index is 0.203. The van der Waals surface area contributed by atoms with Gasteiger partial charge in [-0.1, -0.05) is 90.9 Å². The lowest BCUT2D eigenvalue weighted by Gasteiger charge is -2.42. The zero-order valence-electron chi connectivity index (χ0n) is 21.4. The molecule has 0 radical (unpaired) electrons. The summed E-state index contributed by atoms with van der Waals surface area (Å²) in [6.07, 6.45) is 6.57. The molecule has 180 valence electrons. The van der Waals surface area contributed by atoms with E-state index in [4.69, 9.17) is 13.9 Å². The van der Waals surface area contributed by atoms with Crippen molar-refractivity contribution in [1.82, 2.24) is 0 Å². The number of allylic oxidation sites excluding steroid dienone is 2. The van der Waals surface area contributed by atoms with E-state index >= 15 is 0 Å². The monoisotopic (exact) mass is 482 g/mol. The van der Waals surface area contributed by atoms with Crippen molar-refractivity contribution >= 4 is 26.8 Å². The van der Waals surface area contributed by atoms with Crippen molar-refractivity contribution in [2.45, 2.75) is 77.0 Å². The molecule has 1 aliphatic heterocycles. The van der Waals surface area contributed by atoms with Gasteiger partial charge in [0.2, 0.25) is 8.32 Å². The summed E-state index contributed by atoms with van der Waals surface area (Å²) in [4.78, 5) is 0. The maximum atomic E-state index is 6.91. The van der Waals surface area contributed by atoms with Gasteiger partial charge in [0.05, 0.1) is 19.0 Å². The first-order valence-corrected chi connectivity index (χ1v) is 18.4. The molecule has 5 heteroatoms. The molecule has 0 N–H and O–H groups in total. The number of benzene rings is 2. The molecular weight excluding hydrogens is 440 g/mol. The largest absolute Gasteiger partial charge is 0.548 e. The molecule has 1 heterocycles. The van der Waals surface area contributed by atoms with Gasteiger partial charge in [-0.25, -0.2) is 0 Å². The second-order valence-electron chi connectivity index (χ2n) is 10.5. The van der Waals surface area contributed by atoms with E-state index < -0.39 is 22.2 Å². The van der Waals surface area contributed by atoms with Gasteiger partial charge in [0, 0.05) is 12.0 Å². The first-order valence-electron chi connectivity index (χ1n) is 12.5. The summed E-state index contributed by atoms with van der Waals surface area (Å²) in [6.45, 7) is 15.0. The van der Waals surface area contributed by atoms with Crippen LogP contribution in [0.5, 0.6) is 0 Å². The van der Waals surface area contributed by atoms with Crippen molar-refractivity contribution in [3.63, 3.8) is 0 Å². The smallest absolute Gasteiger partial charge is 0.241 e. The van der Waals surface area contributed by atoms with E-state index in [0.29, 0.717) is 13.2 Å². The first-order chi connectivity index (χ1) is 15.7. The summed E-state index contributed by atoms with van der Waals surface area (Å²) < 4.78 is 19.3. The Morgan fingerprint density at radius 3 is 1.91 bits per heavy atom. The van der Waals surface area contributed by atoms with Crippen molar-refractivity contribution in [3.05, 3.63) is 72.5 Å². The van der Waals surface area contributed by atoms with Crippen LogP contribution < -0.4 is 10.4 Å². The van der Waals surface area contributed by atoms with E-state index in [-0.39, 0.29) is 5.54 Å². The molecule has 1 saturated heterocycles. The van der Waals surface area contributed by atoms with E-state index in [1.165, 1.54) is 23.2 Å². The number of ether oxygens (including phenoxy) is 2. The third-order valence-corrected chi connectivity index (χ3v) is 12.4. The van der Waals surface area contributed by atoms with Crippen LogP contribution in [0.4, 0.5) is 0 Å². The van der Waals surface area contributed by atoms with Crippen LogP contribution in [0.2, 0.25) is 31.7 Å². The van der Waals surface area contributed by atoms with Gasteiger partial charge in [-0.2, -0.15) is 0 Å². The SMILES string of the molecule is CCCC/C=C(\O[Si](C)(C)C)C(CC1(C)OCCO1)[Si](C)(c1ccccc1)c1ccccc1. The summed E-state index contributed by atoms with van der Waals surface area (Å²) >= 11 is 0. The Bertz CT molecular complexity index is 845. The molecule has 1 unspecified atom stereocenters. The van der Waals surface area contributed by atoms with Gasteiger partial charge >= 0.3 is 0 Å².